The molecule has 1 aromatic carbocycles. The molecule has 0 fully saturated rings. The molecule has 0 saturated heterocycles. The molecule has 0 aliphatic heterocycles. The first-order chi connectivity index (χ1) is 7.38. The summed E-state index contributed by atoms with van der Waals surface area (Å²) in [5, 5.41) is 3.09. The Morgan fingerprint density at radius 1 is 1.25 bits per heavy atom. The van der Waals surface area contributed by atoms with Crippen molar-refractivity contribution < 1.29 is 8.42 Å². The zero-order valence-corrected chi connectivity index (χ0v) is 12.8. The van der Waals surface area contributed by atoms with Crippen LogP contribution in [0.2, 0.25) is 0 Å². The van der Waals surface area contributed by atoms with Crippen molar-refractivity contribution in [3.05, 3.63) is 32.7 Å². The highest BCUT2D eigenvalue weighted by Crippen LogP contribution is 2.23. The van der Waals surface area contributed by atoms with Gasteiger partial charge in [-0.15, -0.1) is 0 Å². The zero-order chi connectivity index (χ0) is 12.2. The summed E-state index contributed by atoms with van der Waals surface area (Å²) in [6, 6.07) is 5.94. The third kappa shape index (κ3) is 5.43. The van der Waals surface area contributed by atoms with E-state index in [-0.39, 0.29) is 5.75 Å². The molecule has 0 aliphatic rings. The summed E-state index contributed by atoms with van der Waals surface area (Å²) < 4.78 is 23.8. The highest BCUT2D eigenvalue weighted by atomic mass is 79.9. The van der Waals surface area contributed by atoms with Crippen molar-refractivity contribution in [1.82, 2.24) is 5.32 Å². The summed E-state index contributed by atoms with van der Waals surface area (Å²) in [6.45, 7) is 1.15. The largest absolute Gasteiger partial charge is 0.312 e. The van der Waals surface area contributed by atoms with Crippen molar-refractivity contribution in [3.63, 3.8) is 0 Å². The van der Waals surface area contributed by atoms with Crippen molar-refractivity contribution in [3.8, 4) is 0 Å². The van der Waals surface area contributed by atoms with Crippen LogP contribution in [0.25, 0.3) is 0 Å². The molecule has 0 aliphatic carbocycles. The van der Waals surface area contributed by atoms with Gasteiger partial charge >= 0.3 is 0 Å². The molecule has 0 atom stereocenters. The van der Waals surface area contributed by atoms with Gasteiger partial charge in [-0.1, -0.05) is 6.07 Å². The van der Waals surface area contributed by atoms with Crippen LogP contribution in [0.15, 0.2) is 27.1 Å². The maximum Gasteiger partial charge on any atom is 0.148 e. The number of sulfone groups is 1. The van der Waals surface area contributed by atoms with Crippen LogP contribution in [-0.4, -0.2) is 27.0 Å². The van der Waals surface area contributed by atoms with Crippen LogP contribution >= 0.6 is 31.9 Å². The summed E-state index contributed by atoms with van der Waals surface area (Å²) in [7, 11) is -2.87. The second-order valence-corrected chi connectivity index (χ2v) is 7.52. The van der Waals surface area contributed by atoms with E-state index in [4.69, 9.17) is 0 Å². The third-order valence-electron chi connectivity index (χ3n) is 1.96. The van der Waals surface area contributed by atoms with Gasteiger partial charge in [-0.2, -0.15) is 0 Å². The van der Waals surface area contributed by atoms with E-state index in [1.165, 1.54) is 6.26 Å². The number of halogens is 2. The van der Waals surface area contributed by atoms with Crippen molar-refractivity contribution >= 4 is 41.7 Å². The van der Waals surface area contributed by atoms with E-state index in [0.29, 0.717) is 13.1 Å². The van der Waals surface area contributed by atoms with Crippen molar-refractivity contribution in [2.75, 3.05) is 18.6 Å². The summed E-state index contributed by atoms with van der Waals surface area (Å²) in [6.07, 6.45) is 1.24. The van der Waals surface area contributed by atoms with E-state index in [9.17, 15) is 8.42 Å². The molecule has 16 heavy (non-hydrogen) atoms. The fraction of sp³-hybridized carbons (Fsp3) is 0.400. The number of nitrogens with one attached hydrogen (secondary N) is 1. The van der Waals surface area contributed by atoms with Gasteiger partial charge in [0.25, 0.3) is 0 Å². The van der Waals surface area contributed by atoms with E-state index in [2.05, 4.69) is 37.2 Å². The molecule has 0 saturated carbocycles. The number of hydrogen-bond donors (Lipinski definition) is 1. The Hall–Kier alpha value is 0.0900. The number of hydrogen-bond acceptors (Lipinski definition) is 3. The quantitative estimate of drug-likeness (QED) is 0.809. The van der Waals surface area contributed by atoms with Crippen LogP contribution in [0.3, 0.4) is 0 Å². The fourth-order valence-electron chi connectivity index (χ4n) is 1.14. The lowest BCUT2D eigenvalue weighted by Crippen LogP contribution is -2.21. The van der Waals surface area contributed by atoms with E-state index < -0.39 is 9.84 Å². The van der Waals surface area contributed by atoms with Gasteiger partial charge in [0.15, 0.2) is 0 Å². The van der Waals surface area contributed by atoms with Crippen LogP contribution in [-0.2, 0) is 16.4 Å². The molecule has 0 amide bonds. The second kappa shape index (κ2) is 6.14. The Labute approximate surface area is 113 Å². The Morgan fingerprint density at radius 3 is 2.50 bits per heavy atom. The van der Waals surface area contributed by atoms with Gasteiger partial charge in [0.05, 0.1) is 5.75 Å². The average molecular weight is 371 g/mol. The third-order valence-corrected chi connectivity index (χ3v) is 4.79. The maximum atomic E-state index is 10.9. The monoisotopic (exact) mass is 369 g/mol. The standard InChI is InChI=1S/C10H13Br2NO2S/c1-16(14,15)5-4-13-7-8-2-3-9(11)10(12)6-8/h2-3,6,13H,4-5,7H2,1H3. The molecule has 1 rings (SSSR count). The molecule has 0 spiro atoms. The second-order valence-electron chi connectivity index (χ2n) is 3.56. The Balaban J connectivity index is 2.41. The Kier molecular flexibility index (Phi) is 5.43. The van der Waals surface area contributed by atoms with Gasteiger partial charge in [0, 0.05) is 28.3 Å². The topological polar surface area (TPSA) is 46.2 Å². The smallest absolute Gasteiger partial charge is 0.148 e. The Bertz CT molecular complexity index is 460. The normalized spacial score (nSPS) is 11.7. The molecule has 0 radical (unpaired) electrons. The lowest BCUT2D eigenvalue weighted by Gasteiger charge is -2.05. The van der Waals surface area contributed by atoms with Gasteiger partial charge in [0.1, 0.15) is 9.84 Å². The van der Waals surface area contributed by atoms with Crippen LogP contribution < -0.4 is 5.32 Å². The number of benzene rings is 1. The van der Waals surface area contributed by atoms with Crippen molar-refractivity contribution in [2.45, 2.75) is 6.54 Å². The first kappa shape index (κ1) is 14.2. The predicted octanol–water partition coefficient (Wildman–Crippen LogP) is 2.35. The summed E-state index contributed by atoms with van der Waals surface area (Å²) in [4.78, 5) is 0. The van der Waals surface area contributed by atoms with Crippen LogP contribution in [0.4, 0.5) is 0 Å². The molecule has 0 unspecified atom stereocenters. The van der Waals surface area contributed by atoms with Gasteiger partial charge in [-0.05, 0) is 49.6 Å². The molecule has 0 heterocycles. The lowest BCUT2D eigenvalue weighted by molar-refractivity contribution is 0.596. The summed E-state index contributed by atoms with van der Waals surface area (Å²) in [5.41, 5.74) is 1.11. The average Bonchev–Trinajstić information content (AvgIpc) is 2.17. The molecule has 1 N–H and O–H groups in total. The molecule has 90 valence electrons. The first-order valence-electron chi connectivity index (χ1n) is 4.71. The molecule has 0 aromatic heterocycles. The minimum Gasteiger partial charge on any atom is -0.312 e. The maximum absolute atomic E-state index is 10.9. The van der Waals surface area contributed by atoms with E-state index in [1.54, 1.807) is 0 Å². The van der Waals surface area contributed by atoms with Gasteiger partial charge in [-0.25, -0.2) is 8.42 Å². The molecule has 6 heteroatoms. The van der Waals surface area contributed by atoms with E-state index in [0.717, 1.165) is 14.5 Å². The van der Waals surface area contributed by atoms with E-state index in [1.807, 2.05) is 18.2 Å². The Morgan fingerprint density at radius 2 is 1.94 bits per heavy atom. The molecule has 1 aromatic rings. The zero-order valence-electron chi connectivity index (χ0n) is 8.83. The van der Waals surface area contributed by atoms with E-state index >= 15 is 0 Å². The van der Waals surface area contributed by atoms with Gasteiger partial charge < -0.3 is 5.32 Å². The fourth-order valence-corrected chi connectivity index (χ4v) is 2.33. The van der Waals surface area contributed by atoms with Crippen LogP contribution in [0.1, 0.15) is 5.56 Å². The van der Waals surface area contributed by atoms with Crippen molar-refractivity contribution in [1.29, 1.82) is 0 Å². The SMILES string of the molecule is CS(=O)(=O)CCNCc1ccc(Br)c(Br)c1. The van der Waals surface area contributed by atoms with Gasteiger partial charge in [-0.3, -0.25) is 0 Å². The van der Waals surface area contributed by atoms with Crippen LogP contribution in [0.5, 0.6) is 0 Å². The van der Waals surface area contributed by atoms with Crippen LogP contribution in [0, 0.1) is 0 Å². The highest BCUT2D eigenvalue weighted by molar-refractivity contribution is 9.13. The highest BCUT2D eigenvalue weighted by Gasteiger charge is 2.02. The molecule has 3 nitrogen and oxygen atoms in total. The number of rotatable bonds is 5. The molecular weight excluding hydrogens is 358 g/mol. The first-order valence-corrected chi connectivity index (χ1v) is 8.35. The van der Waals surface area contributed by atoms with Gasteiger partial charge in [0.2, 0.25) is 0 Å². The summed E-state index contributed by atoms with van der Waals surface area (Å²) >= 11 is 6.81. The summed E-state index contributed by atoms with van der Waals surface area (Å²) in [5.74, 6) is 0.171. The lowest BCUT2D eigenvalue weighted by atomic mass is 10.2. The minimum absolute atomic E-state index is 0.171. The predicted molar refractivity (Wildman–Crippen MR) is 73.3 cm³/mol. The van der Waals surface area contributed by atoms with Crippen molar-refractivity contribution in [2.24, 2.45) is 0 Å². The molecule has 0 bridgehead atoms. The minimum atomic E-state index is -2.87. The molecular formula is C10H13Br2NO2S.